The van der Waals surface area contributed by atoms with Gasteiger partial charge in [-0.1, -0.05) is 30.3 Å². The van der Waals surface area contributed by atoms with Crippen LogP contribution < -0.4 is 10.2 Å². The number of nitrogens with one attached hydrogen (secondary N) is 1. The van der Waals surface area contributed by atoms with Crippen LogP contribution in [0.2, 0.25) is 0 Å². The lowest BCUT2D eigenvalue weighted by Gasteiger charge is -2.27. The summed E-state index contributed by atoms with van der Waals surface area (Å²) in [6, 6.07) is 13.1. The van der Waals surface area contributed by atoms with Crippen LogP contribution in [0.5, 0.6) is 0 Å². The Morgan fingerprint density at radius 1 is 1.10 bits per heavy atom. The van der Waals surface area contributed by atoms with Gasteiger partial charge in [-0.25, -0.2) is 22.4 Å². The van der Waals surface area contributed by atoms with Gasteiger partial charge in [0.05, 0.1) is 10.6 Å². The summed E-state index contributed by atoms with van der Waals surface area (Å²) in [6.07, 6.45) is 3.61. The Balaban J connectivity index is 1.57. The number of nitrogens with zero attached hydrogens (tertiary/aromatic N) is 2. The highest BCUT2D eigenvalue weighted by atomic mass is 32.2. The average Bonchev–Trinajstić information content (AvgIpc) is 3.01. The zero-order valence-electron chi connectivity index (χ0n) is 17.0. The second kappa shape index (κ2) is 7.85. The maximum absolute atomic E-state index is 13.1. The van der Waals surface area contributed by atoms with Crippen molar-refractivity contribution >= 4 is 27.6 Å². The number of carbonyl (C=O) groups excluding carboxylic acids is 2. The molecule has 1 heterocycles. The van der Waals surface area contributed by atoms with E-state index in [0.29, 0.717) is 6.42 Å². The fourth-order valence-corrected chi connectivity index (χ4v) is 5.26. The van der Waals surface area contributed by atoms with Crippen molar-refractivity contribution in [2.45, 2.75) is 42.5 Å². The van der Waals surface area contributed by atoms with E-state index in [-0.39, 0.29) is 22.4 Å². The van der Waals surface area contributed by atoms with E-state index in [9.17, 15) is 18.0 Å². The smallest absolute Gasteiger partial charge is 0.325 e. The van der Waals surface area contributed by atoms with E-state index in [1.165, 1.54) is 43.4 Å². The Morgan fingerprint density at radius 2 is 1.87 bits per heavy atom. The molecule has 0 bridgehead atoms. The molecule has 1 aliphatic heterocycles. The van der Waals surface area contributed by atoms with Gasteiger partial charge < -0.3 is 5.32 Å². The molecule has 1 fully saturated rings. The van der Waals surface area contributed by atoms with Crippen molar-refractivity contribution in [2.75, 3.05) is 19.0 Å². The van der Waals surface area contributed by atoms with Crippen molar-refractivity contribution < 1.29 is 18.0 Å². The monoisotopic (exact) mass is 427 g/mol. The summed E-state index contributed by atoms with van der Waals surface area (Å²) < 4.78 is 26.0. The Morgan fingerprint density at radius 3 is 2.63 bits per heavy atom. The van der Waals surface area contributed by atoms with E-state index in [1.807, 2.05) is 12.1 Å². The molecule has 1 saturated heterocycles. The fourth-order valence-electron chi connectivity index (χ4n) is 4.31. The molecule has 4 rings (SSSR count). The number of urea groups is 1. The van der Waals surface area contributed by atoms with Crippen molar-refractivity contribution in [3.63, 3.8) is 0 Å². The standard InChI is InChI=1S/C22H25N3O4S/c1-24(2)30(28,29)18-11-6-10-17(14-18)25-21(26)20(23-22(25)27)13-16-9-5-8-15-7-3-4-12-19(15)16/h3-4,6-7,10-12,14,16,20H,5,8-9,13H2,1-2H3,(H,23,27). The van der Waals surface area contributed by atoms with E-state index in [4.69, 9.17) is 0 Å². The summed E-state index contributed by atoms with van der Waals surface area (Å²) in [7, 11) is -0.793. The third-order valence-electron chi connectivity index (χ3n) is 5.89. The fraction of sp³-hybridized carbons (Fsp3) is 0.364. The first-order valence-corrected chi connectivity index (χ1v) is 11.5. The second-order valence-electron chi connectivity index (χ2n) is 7.98. The maximum atomic E-state index is 13.1. The first-order valence-electron chi connectivity index (χ1n) is 10.0. The molecular weight excluding hydrogens is 402 g/mol. The van der Waals surface area contributed by atoms with E-state index < -0.39 is 22.1 Å². The molecule has 0 radical (unpaired) electrons. The van der Waals surface area contributed by atoms with Gasteiger partial charge in [0.2, 0.25) is 10.0 Å². The summed E-state index contributed by atoms with van der Waals surface area (Å²) in [5, 5.41) is 2.79. The van der Waals surface area contributed by atoms with Gasteiger partial charge in [-0.3, -0.25) is 4.79 Å². The molecule has 1 N–H and O–H groups in total. The highest BCUT2D eigenvalue weighted by molar-refractivity contribution is 7.89. The minimum atomic E-state index is -3.67. The number of imide groups is 1. The number of rotatable bonds is 5. The molecule has 2 atom stereocenters. The van der Waals surface area contributed by atoms with Crippen LogP contribution in [0.1, 0.15) is 36.3 Å². The molecule has 8 heteroatoms. The summed E-state index contributed by atoms with van der Waals surface area (Å²) in [4.78, 5) is 26.8. The van der Waals surface area contributed by atoms with Gasteiger partial charge >= 0.3 is 6.03 Å². The molecule has 2 unspecified atom stereocenters. The molecular formula is C22H25N3O4S. The molecule has 0 spiro atoms. The maximum Gasteiger partial charge on any atom is 0.329 e. The number of aryl methyl sites for hydroxylation is 1. The van der Waals surface area contributed by atoms with E-state index >= 15 is 0 Å². The molecule has 1 aliphatic carbocycles. The van der Waals surface area contributed by atoms with Crippen LogP contribution in [0, 0.1) is 0 Å². The molecule has 2 aromatic rings. The number of sulfonamides is 1. The molecule has 30 heavy (non-hydrogen) atoms. The summed E-state index contributed by atoms with van der Waals surface area (Å²) >= 11 is 0. The van der Waals surface area contributed by atoms with Crippen molar-refractivity contribution in [1.29, 1.82) is 0 Å². The SMILES string of the molecule is CN(C)S(=O)(=O)c1cccc(N2C(=O)NC(CC3CCCc4ccccc43)C2=O)c1. The molecule has 0 saturated carbocycles. The largest absolute Gasteiger partial charge is 0.329 e. The van der Waals surface area contributed by atoms with Crippen molar-refractivity contribution in [2.24, 2.45) is 0 Å². The quantitative estimate of drug-likeness (QED) is 0.744. The molecule has 158 valence electrons. The van der Waals surface area contributed by atoms with Crippen LogP contribution in [0.3, 0.4) is 0 Å². The normalized spacial score (nSPS) is 21.6. The number of hydrogen-bond donors (Lipinski definition) is 1. The Kier molecular flexibility index (Phi) is 5.38. The zero-order chi connectivity index (χ0) is 21.5. The third-order valence-corrected chi connectivity index (χ3v) is 7.70. The van der Waals surface area contributed by atoms with Gasteiger partial charge in [0, 0.05) is 14.1 Å². The minimum absolute atomic E-state index is 0.0373. The molecule has 2 aromatic carbocycles. The Bertz CT molecular complexity index is 1100. The lowest BCUT2D eigenvalue weighted by Crippen LogP contribution is -2.33. The van der Waals surface area contributed by atoms with Gasteiger partial charge in [-0.15, -0.1) is 0 Å². The first kappa shape index (κ1) is 20.6. The number of carbonyl (C=O) groups is 2. The molecule has 3 amide bonds. The van der Waals surface area contributed by atoms with Crippen LogP contribution in [-0.4, -0.2) is 44.8 Å². The first-order chi connectivity index (χ1) is 14.3. The topological polar surface area (TPSA) is 86.8 Å². The molecule has 0 aromatic heterocycles. The van der Waals surface area contributed by atoms with Crippen molar-refractivity contribution in [3.05, 3.63) is 59.7 Å². The lowest BCUT2D eigenvalue weighted by molar-refractivity contribution is -0.118. The van der Waals surface area contributed by atoms with E-state index in [2.05, 4.69) is 17.4 Å². The van der Waals surface area contributed by atoms with Gasteiger partial charge in [-0.05, 0) is 60.9 Å². The number of hydrogen-bond acceptors (Lipinski definition) is 4. The predicted molar refractivity (Wildman–Crippen MR) is 114 cm³/mol. The van der Waals surface area contributed by atoms with Crippen LogP contribution in [-0.2, 0) is 21.2 Å². The highest BCUT2D eigenvalue weighted by Gasteiger charge is 2.41. The van der Waals surface area contributed by atoms with Crippen LogP contribution in [0.25, 0.3) is 0 Å². The lowest BCUT2D eigenvalue weighted by atomic mass is 9.79. The van der Waals surface area contributed by atoms with Crippen LogP contribution >= 0.6 is 0 Å². The van der Waals surface area contributed by atoms with Gasteiger partial charge in [-0.2, -0.15) is 0 Å². The van der Waals surface area contributed by atoms with E-state index in [1.54, 1.807) is 6.07 Å². The Hall–Kier alpha value is -2.71. The third kappa shape index (κ3) is 3.61. The number of amides is 3. The zero-order valence-corrected chi connectivity index (χ0v) is 17.9. The second-order valence-corrected chi connectivity index (χ2v) is 10.1. The Labute approximate surface area is 176 Å². The predicted octanol–water partition coefficient (Wildman–Crippen LogP) is 2.87. The summed E-state index contributed by atoms with van der Waals surface area (Å²) in [5.41, 5.74) is 2.82. The van der Waals surface area contributed by atoms with Gasteiger partial charge in [0.15, 0.2) is 0 Å². The molecule has 7 nitrogen and oxygen atoms in total. The number of benzene rings is 2. The van der Waals surface area contributed by atoms with Crippen molar-refractivity contribution in [1.82, 2.24) is 9.62 Å². The summed E-state index contributed by atoms with van der Waals surface area (Å²) in [5.74, 6) is -0.132. The van der Waals surface area contributed by atoms with Gasteiger partial charge in [0.1, 0.15) is 6.04 Å². The van der Waals surface area contributed by atoms with Crippen LogP contribution in [0.15, 0.2) is 53.4 Å². The average molecular weight is 428 g/mol. The minimum Gasteiger partial charge on any atom is -0.325 e. The number of anilines is 1. The van der Waals surface area contributed by atoms with Crippen LogP contribution in [0.4, 0.5) is 10.5 Å². The highest BCUT2D eigenvalue weighted by Crippen LogP contribution is 2.36. The van der Waals surface area contributed by atoms with Crippen molar-refractivity contribution in [3.8, 4) is 0 Å². The van der Waals surface area contributed by atoms with E-state index in [0.717, 1.165) is 28.5 Å². The van der Waals surface area contributed by atoms with Gasteiger partial charge in [0.25, 0.3) is 5.91 Å². The number of fused-ring (bicyclic) bond motifs is 1. The summed E-state index contributed by atoms with van der Waals surface area (Å²) in [6.45, 7) is 0. The molecule has 2 aliphatic rings.